The number of ether oxygens (including phenoxy) is 1. The number of thiazole rings is 1. The van der Waals surface area contributed by atoms with E-state index in [1.54, 1.807) is 24.4 Å². The first-order valence-electron chi connectivity index (χ1n) is 8.30. The van der Waals surface area contributed by atoms with E-state index in [1.165, 1.54) is 11.3 Å². The normalized spacial score (nSPS) is 10.5. The van der Waals surface area contributed by atoms with Crippen LogP contribution in [0.2, 0.25) is 0 Å². The van der Waals surface area contributed by atoms with E-state index in [9.17, 15) is 9.90 Å². The highest BCUT2D eigenvalue weighted by molar-refractivity contribution is 7.17. The number of hydrogen-bond acceptors (Lipinski definition) is 6. The topological polar surface area (TPSA) is 110 Å². The molecule has 1 aromatic heterocycles. The predicted molar refractivity (Wildman–Crippen MR) is 100 cm³/mol. The van der Waals surface area contributed by atoms with Crippen LogP contribution in [-0.2, 0) is 6.42 Å². The molecule has 5 N–H and O–H groups in total. The molecule has 7 nitrogen and oxygen atoms in total. The van der Waals surface area contributed by atoms with Crippen LogP contribution in [0.1, 0.15) is 31.7 Å². The largest absolute Gasteiger partial charge is 0.445 e. The number of nitrogens with zero attached hydrogens (tertiary/aromatic N) is 1. The number of nitrogens with two attached hydrogens (primary N) is 1. The van der Waals surface area contributed by atoms with Gasteiger partial charge in [-0.2, -0.15) is 0 Å². The summed E-state index contributed by atoms with van der Waals surface area (Å²) in [4.78, 5) is 15.8. The second-order valence-corrected chi connectivity index (χ2v) is 6.53. The monoisotopic (exact) mass is 364 g/mol. The van der Waals surface area contributed by atoms with Gasteiger partial charge in [-0.25, -0.2) is 9.78 Å². The number of aliphatic hydroxyl groups excluding tert-OH is 1. The maximum atomic E-state index is 11.9. The number of urea groups is 1. The molecular formula is C17H24N4O3S. The van der Waals surface area contributed by atoms with Crippen molar-refractivity contribution in [2.75, 3.05) is 24.2 Å². The van der Waals surface area contributed by atoms with Gasteiger partial charge in [0.05, 0.1) is 6.20 Å². The zero-order chi connectivity index (χ0) is 18.1. The van der Waals surface area contributed by atoms with Crippen LogP contribution < -0.4 is 21.1 Å². The first-order chi connectivity index (χ1) is 12.1. The molecule has 2 rings (SSSR count). The molecule has 1 aromatic carbocycles. The summed E-state index contributed by atoms with van der Waals surface area (Å²) in [5, 5.41) is 15.9. The molecule has 0 radical (unpaired) electrons. The van der Waals surface area contributed by atoms with Gasteiger partial charge in [0.1, 0.15) is 5.75 Å². The Balaban J connectivity index is 2.00. The third kappa shape index (κ3) is 6.24. The lowest BCUT2D eigenvalue weighted by molar-refractivity contribution is 0.252. The number of amides is 2. The maximum Gasteiger partial charge on any atom is 0.319 e. The molecule has 136 valence electrons. The third-order valence-electron chi connectivity index (χ3n) is 3.48. The van der Waals surface area contributed by atoms with Crippen LogP contribution in [0.15, 0.2) is 24.4 Å². The van der Waals surface area contributed by atoms with Crippen LogP contribution in [0.4, 0.5) is 15.6 Å². The number of carbonyl (C=O) groups is 1. The fourth-order valence-electron chi connectivity index (χ4n) is 2.25. The van der Waals surface area contributed by atoms with Gasteiger partial charge in [0.25, 0.3) is 0 Å². The summed E-state index contributed by atoms with van der Waals surface area (Å²) >= 11 is 1.24. The minimum atomic E-state index is -0.241. The van der Waals surface area contributed by atoms with Crippen molar-refractivity contribution in [3.63, 3.8) is 0 Å². The molecule has 2 aromatic rings. The Kier molecular flexibility index (Phi) is 7.49. The highest BCUT2D eigenvalue weighted by atomic mass is 32.1. The summed E-state index contributed by atoms with van der Waals surface area (Å²) in [6.07, 6.45) is 5.13. The number of nitrogen functional groups attached to an aromatic ring is 1. The van der Waals surface area contributed by atoms with E-state index in [1.807, 2.05) is 0 Å². The number of anilines is 2. The fraction of sp³-hybridized carbons (Fsp3) is 0.412. The van der Waals surface area contributed by atoms with Crippen molar-refractivity contribution >= 4 is 28.2 Å². The number of aromatic nitrogens is 1. The second kappa shape index (κ2) is 9.85. The molecule has 0 atom stereocenters. The average molecular weight is 364 g/mol. The van der Waals surface area contributed by atoms with Crippen molar-refractivity contribution in [1.29, 1.82) is 0 Å². The Morgan fingerprint density at radius 2 is 2.24 bits per heavy atom. The lowest BCUT2D eigenvalue weighted by Crippen LogP contribution is -2.29. The molecule has 2 amide bonds. The Hall–Kier alpha value is -2.32. The molecule has 1 heterocycles. The van der Waals surface area contributed by atoms with Crippen LogP contribution in [0.5, 0.6) is 10.8 Å². The molecule has 0 aliphatic carbocycles. The van der Waals surface area contributed by atoms with Gasteiger partial charge in [-0.3, -0.25) is 0 Å². The van der Waals surface area contributed by atoms with E-state index in [-0.39, 0.29) is 12.6 Å². The molecule has 25 heavy (non-hydrogen) atoms. The van der Waals surface area contributed by atoms with Crippen molar-refractivity contribution in [1.82, 2.24) is 10.3 Å². The molecule has 8 heteroatoms. The molecule has 0 saturated carbocycles. The highest BCUT2D eigenvalue weighted by Crippen LogP contribution is 2.32. The number of unbranched alkanes of at least 4 members (excludes halogenated alkanes) is 2. The van der Waals surface area contributed by atoms with Gasteiger partial charge in [-0.1, -0.05) is 31.1 Å². The minimum absolute atomic E-state index is 0.0200. The van der Waals surface area contributed by atoms with Gasteiger partial charge in [-0.05, 0) is 36.6 Å². The molecule has 0 fully saturated rings. The molecular weight excluding hydrogens is 340 g/mol. The van der Waals surface area contributed by atoms with E-state index >= 15 is 0 Å². The van der Waals surface area contributed by atoms with E-state index in [4.69, 9.17) is 10.5 Å². The van der Waals surface area contributed by atoms with Crippen molar-refractivity contribution in [3.8, 4) is 10.8 Å². The number of hydrogen-bond donors (Lipinski definition) is 4. The number of carbonyl (C=O) groups excluding carboxylic acids is 1. The number of aliphatic hydroxyl groups is 1. The summed E-state index contributed by atoms with van der Waals surface area (Å²) in [6.45, 7) is 2.75. The first kappa shape index (κ1) is 19.0. The molecule has 0 aliphatic heterocycles. The van der Waals surface area contributed by atoms with Gasteiger partial charge in [0, 0.05) is 18.8 Å². The Morgan fingerprint density at radius 3 is 2.92 bits per heavy atom. The highest BCUT2D eigenvalue weighted by Gasteiger charge is 2.10. The van der Waals surface area contributed by atoms with Gasteiger partial charge in [0.15, 0.2) is 5.13 Å². The second-order valence-electron chi connectivity index (χ2n) is 5.50. The zero-order valence-corrected chi connectivity index (χ0v) is 15.1. The summed E-state index contributed by atoms with van der Waals surface area (Å²) < 4.78 is 5.77. The number of benzene rings is 1. The SMILES string of the molecule is CCCCCNC(=O)Nc1ccc(Oc2cnc(N)s2)c(CCO)c1. The van der Waals surface area contributed by atoms with Gasteiger partial charge in [-0.15, -0.1) is 0 Å². The van der Waals surface area contributed by atoms with Crippen molar-refractivity contribution in [2.24, 2.45) is 0 Å². The van der Waals surface area contributed by atoms with Crippen molar-refractivity contribution < 1.29 is 14.6 Å². The van der Waals surface area contributed by atoms with Gasteiger partial charge < -0.3 is 26.2 Å². The molecule has 0 unspecified atom stereocenters. The predicted octanol–water partition coefficient (Wildman–Crippen LogP) is 3.36. The smallest absolute Gasteiger partial charge is 0.319 e. The maximum absolute atomic E-state index is 11.9. The van der Waals surface area contributed by atoms with E-state index in [0.29, 0.717) is 34.6 Å². The minimum Gasteiger partial charge on any atom is -0.445 e. The van der Waals surface area contributed by atoms with Gasteiger partial charge in [0.2, 0.25) is 5.06 Å². The number of nitrogens with one attached hydrogen (secondary N) is 2. The van der Waals surface area contributed by atoms with Gasteiger partial charge >= 0.3 is 6.03 Å². The van der Waals surface area contributed by atoms with Crippen molar-refractivity contribution in [2.45, 2.75) is 32.6 Å². The molecule has 0 bridgehead atoms. The van der Waals surface area contributed by atoms with E-state index < -0.39 is 0 Å². The van der Waals surface area contributed by atoms with Crippen LogP contribution >= 0.6 is 11.3 Å². The summed E-state index contributed by atoms with van der Waals surface area (Å²) in [7, 11) is 0. The molecule has 0 saturated heterocycles. The standard InChI is InChI=1S/C17H24N4O3S/c1-2-3-4-8-19-17(23)21-13-5-6-14(12(10-13)7-9-22)24-15-11-20-16(18)25-15/h5-6,10-11,22H,2-4,7-9H2,1H3,(H2,18,20)(H2,19,21,23). The average Bonchev–Trinajstić information content (AvgIpc) is 2.99. The first-order valence-corrected chi connectivity index (χ1v) is 9.11. The van der Waals surface area contributed by atoms with Crippen LogP contribution in [0, 0.1) is 0 Å². The van der Waals surface area contributed by atoms with E-state index in [2.05, 4.69) is 22.5 Å². The summed E-state index contributed by atoms with van der Waals surface area (Å²) in [6, 6.07) is 5.07. The zero-order valence-electron chi connectivity index (χ0n) is 14.2. The van der Waals surface area contributed by atoms with E-state index in [0.717, 1.165) is 24.8 Å². The lowest BCUT2D eigenvalue weighted by atomic mass is 10.1. The number of rotatable bonds is 9. The molecule has 0 spiro atoms. The summed E-state index contributed by atoms with van der Waals surface area (Å²) in [5.41, 5.74) is 7.04. The van der Waals surface area contributed by atoms with Crippen LogP contribution in [-0.4, -0.2) is 29.3 Å². The van der Waals surface area contributed by atoms with Crippen molar-refractivity contribution in [3.05, 3.63) is 30.0 Å². The quantitative estimate of drug-likeness (QED) is 0.510. The fourth-order valence-corrected chi connectivity index (χ4v) is 2.80. The molecule has 0 aliphatic rings. The summed E-state index contributed by atoms with van der Waals surface area (Å²) in [5.74, 6) is 0.603. The Bertz CT molecular complexity index is 690. The Morgan fingerprint density at radius 1 is 1.40 bits per heavy atom. The lowest BCUT2D eigenvalue weighted by Gasteiger charge is -2.12. The Labute approximate surface area is 151 Å². The third-order valence-corrected chi connectivity index (χ3v) is 4.18. The van der Waals surface area contributed by atoms with Crippen LogP contribution in [0.3, 0.4) is 0 Å². The van der Waals surface area contributed by atoms with Crippen LogP contribution in [0.25, 0.3) is 0 Å².